The van der Waals surface area contributed by atoms with Gasteiger partial charge in [-0.3, -0.25) is 0 Å². The summed E-state index contributed by atoms with van der Waals surface area (Å²) in [6, 6.07) is -0.413. The largest absolute Gasteiger partial charge is 0.444 e. The highest BCUT2D eigenvalue weighted by Gasteiger charge is 2.38. The quantitative estimate of drug-likeness (QED) is 0.827. The molecule has 0 radical (unpaired) electrons. The number of carbonyl (C=O) groups excluding carboxylic acids is 1. The summed E-state index contributed by atoms with van der Waals surface area (Å²) >= 11 is 0. The Morgan fingerprint density at radius 2 is 1.74 bits per heavy atom. The first-order chi connectivity index (χ1) is 10.2. The topological polar surface area (TPSA) is 92.9 Å². The van der Waals surface area contributed by atoms with Gasteiger partial charge in [-0.25, -0.2) is 13.2 Å². The highest BCUT2D eigenvalue weighted by Crippen LogP contribution is 2.23. The molecule has 1 atom stereocenters. The standard InChI is InChI=1S/C15H31N3O4S/c1-14(2,3)11-23(20,21)18-8-7-17(10-12(18)9-16)13(19)22-15(4,5)6/h12H,7-11,16H2,1-6H3. The van der Waals surface area contributed by atoms with E-state index in [1.165, 1.54) is 9.21 Å². The molecule has 0 spiro atoms. The lowest BCUT2D eigenvalue weighted by Gasteiger charge is -2.41. The summed E-state index contributed by atoms with van der Waals surface area (Å²) in [5.74, 6) is 0.0585. The van der Waals surface area contributed by atoms with Crippen molar-refractivity contribution in [2.24, 2.45) is 11.1 Å². The van der Waals surface area contributed by atoms with Gasteiger partial charge in [0.15, 0.2) is 0 Å². The molecule has 0 bridgehead atoms. The van der Waals surface area contributed by atoms with E-state index in [0.717, 1.165) is 0 Å². The number of piperazine rings is 1. The number of nitrogens with zero attached hydrogens (tertiary/aromatic N) is 2. The molecule has 0 aromatic rings. The predicted octanol–water partition coefficient (Wildman–Crippen LogP) is 1.24. The molecule has 0 saturated carbocycles. The predicted molar refractivity (Wildman–Crippen MR) is 90.6 cm³/mol. The second-order valence-electron chi connectivity index (χ2n) is 8.24. The van der Waals surface area contributed by atoms with Crippen molar-refractivity contribution in [1.29, 1.82) is 0 Å². The zero-order valence-corrected chi connectivity index (χ0v) is 15.9. The van der Waals surface area contributed by atoms with Gasteiger partial charge in [-0.1, -0.05) is 20.8 Å². The first-order valence-electron chi connectivity index (χ1n) is 7.93. The average molecular weight is 349 g/mol. The molecule has 1 saturated heterocycles. The van der Waals surface area contributed by atoms with Crippen LogP contribution in [0, 0.1) is 5.41 Å². The zero-order valence-electron chi connectivity index (χ0n) is 15.1. The smallest absolute Gasteiger partial charge is 0.410 e. The third kappa shape index (κ3) is 6.27. The minimum atomic E-state index is -3.41. The molecule has 0 aromatic heterocycles. The lowest BCUT2D eigenvalue weighted by Crippen LogP contribution is -2.60. The molecule has 0 aliphatic carbocycles. The fraction of sp³-hybridized carbons (Fsp3) is 0.933. The van der Waals surface area contributed by atoms with Gasteiger partial charge in [0.25, 0.3) is 0 Å². The van der Waals surface area contributed by atoms with Crippen LogP contribution in [0.3, 0.4) is 0 Å². The van der Waals surface area contributed by atoms with Gasteiger partial charge in [-0.05, 0) is 26.2 Å². The van der Waals surface area contributed by atoms with Crippen LogP contribution in [-0.2, 0) is 14.8 Å². The molecule has 136 valence electrons. The van der Waals surface area contributed by atoms with Gasteiger partial charge in [0.05, 0.1) is 11.8 Å². The van der Waals surface area contributed by atoms with Crippen LogP contribution in [0.15, 0.2) is 0 Å². The third-order valence-electron chi connectivity index (χ3n) is 3.33. The molecule has 23 heavy (non-hydrogen) atoms. The van der Waals surface area contributed by atoms with Crippen LogP contribution in [0.2, 0.25) is 0 Å². The van der Waals surface area contributed by atoms with E-state index >= 15 is 0 Å². The third-order valence-corrected chi connectivity index (χ3v) is 5.75. The lowest BCUT2D eigenvalue weighted by molar-refractivity contribution is 0.0137. The van der Waals surface area contributed by atoms with Gasteiger partial charge < -0.3 is 15.4 Å². The maximum absolute atomic E-state index is 12.6. The highest BCUT2D eigenvalue weighted by molar-refractivity contribution is 7.89. The number of nitrogens with two attached hydrogens (primary N) is 1. The van der Waals surface area contributed by atoms with Crippen molar-refractivity contribution in [2.45, 2.75) is 53.2 Å². The van der Waals surface area contributed by atoms with Crippen molar-refractivity contribution in [3.8, 4) is 0 Å². The number of hydrogen-bond donors (Lipinski definition) is 1. The summed E-state index contributed by atoms with van der Waals surface area (Å²) in [4.78, 5) is 13.7. The molecule has 1 amide bonds. The summed E-state index contributed by atoms with van der Waals surface area (Å²) in [7, 11) is -3.41. The summed E-state index contributed by atoms with van der Waals surface area (Å²) in [5, 5.41) is 0. The number of rotatable bonds is 3. The lowest BCUT2D eigenvalue weighted by atomic mass is 10.0. The molecule has 1 aliphatic heterocycles. The van der Waals surface area contributed by atoms with Gasteiger partial charge in [0.2, 0.25) is 10.0 Å². The van der Waals surface area contributed by atoms with E-state index in [-0.39, 0.29) is 30.8 Å². The number of sulfonamides is 1. The monoisotopic (exact) mass is 349 g/mol. The molecular weight excluding hydrogens is 318 g/mol. The van der Waals surface area contributed by atoms with E-state index in [9.17, 15) is 13.2 Å². The maximum Gasteiger partial charge on any atom is 0.410 e. The second-order valence-corrected chi connectivity index (χ2v) is 10.2. The van der Waals surface area contributed by atoms with Crippen molar-refractivity contribution in [3.05, 3.63) is 0 Å². The van der Waals surface area contributed by atoms with Gasteiger partial charge >= 0.3 is 6.09 Å². The summed E-state index contributed by atoms with van der Waals surface area (Å²) in [5.41, 5.74) is 4.85. The molecule has 7 nitrogen and oxygen atoms in total. The van der Waals surface area contributed by atoms with E-state index in [2.05, 4.69) is 0 Å². The Labute approximate surface area is 140 Å². The molecule has 2 N–H and O–H groups in total. The molecule has 1 unspecified atom stereocenters. The Morgan fingerprint density at radius 1 is 1.17 bits per heavy atom. The number of ether oxygens (including phenoxy) is 1. The van der Waals surface area contributed by atoms with E-state index in [0.29, 0.717) is 6.54 Å². The Balaban J connectivity index is 2.82. The van der Waals surface area contributed by atoms with E-state index < -0.39 is 27.8 Å². The fourth-order valence-electron chi connectivity index (χ4n) is 2.52. The van der Waals surface area contributed by atoms with Crippen LogP contribution < -0.4 is 5.73 Å². The minimum absolute atomic E-state index is 0.0585. The minimum Gasteiger partial charge on any atom is -0.444 e. The van der Waals surface area contributed by atoms with Crippen LogP contribution in [0.25, 0.3) is 0 Å². The summed E-state index contributed by atoms with van der Waals surface area (Å²) in [6.45, 7) is 12.1. The van der Waals surface area contributed by atoms with Crippen LogP contribution in [0.1, 0.15) is 41.5 Å². The Kier molecular flexibility index (Phi) is 6.09. The highest BCUT2D eigenvalue weighted by atomic mass is 32.2. The van der Waals surface area contributed by atoms with Gasteiger partial charge in [-0.2, -0.15) is 4.31 Å². The van der Waals surface area contributed by atoms with Crippen molar-refractivity contribution in [3.63, 3.8) is 0 Å². The van der Waals surface area contributed by atoms with E-state index in [4.69, 9.17) is 10.5 Å². The molecule has 8 heteroatoms. The fourth-order valence-corrected chi connectivity index (χ4v) is 4.75. The molecular formula is C15H31N3O4S. The van der Waals surface area contributed by atoms with Crippen LogP contribution >= 0.6 is 0 Å². The van der Waals surface area contributed by atoms with Gasteiger partial charge in [0, 0.05) is 26.2 Å². The average Bonchev–Trinajstić information content (AvgIpc) is 2.33. The summed E-state index contributed by atoms with van der Waals surface area (Å²) in [6.07, 6.45) is -0.427. The van der Waals surface area contributed by atoms with E-state index in [1.54, 1.807) is 20.8 Å². The number of carbonyl (C=O) groups is 1. The SMILES string of the molecule is CC(C)(C)CS(=O)(=O)N1CCN(C(=O)OC(C)(C)C)CC1CN. The molecule has 0 aromatic carbocycles. The number of amides is 1. The van der Waals surface area contributed by atoms with Crippen molar-refractivity contribution < 1.29 is 17.9 Å². The second kappa shape index (κ2) is 6.94. The van der Waals surface area contributed by atoms with E-state index in [1.807, 2.05) is 20.8 Å². The summed E-state index contributed by atoms with van der Waals surface area (Å²) < 4.78 is 32.0. The molecule has 1 heterocycles. The number of hydrogen-bond acceptors (Lipinski definition) is 5. The Hall–Kier alpha value is -0.860. The molecule has 1 fully saturated rings. The van der Waals surface area contributed by atoms with Crippen molar-refractivity contribution >= 4 is 16.1 Å². The van der Waals surface area contributed by atoms with Gasteiger partial charge in [0.1, 0.15) is 5.60 Å². The zero-order chi connectivity index (χ0) is 18.1. The molecule has 1 aliphatic rings. The first-order valence-corrected chi connectivity index (χ1v) is 9.53. The van der Waals surface area contributed by atoms with Crippen LogP contribution in [-0.4, -0.2) is 67.3 Å². The normalized spacial score (nSPS) is 21.3. The van der Waals surface area contributed by atoms with Gasteiger partial charge in [-0.15, -0.1) is 0 Å². The Morgan fingerprint density at radius 3 is 2.17 bits per heavy atom. The Bertz CT molecular complexity index is 520. The van der Waals surface area contributed by atoms with Crippen LogP contribution in [0.5, 0.6) is 0 Å². The van der Waals surface area contributed by atoms with Crippen molar-refractivity contribution in [2.75, 3.05) is 31.9 Å². The van der Waals surface area contributed by atoms with Crippen LogP contribution in [0.4, 0.5) is 4.79 Å². The first kappa shape index (κ1) is 20.2. The van der Waals surface area contributed by atoms with Crippen molar-refractivity contribution in [1.82, 2.24) is 9.21 Å². The molecule has 1 rings (SSSR count). The maximum atomic E-state index is 12.6.